The van der Waals surface area contributed by atoms with Crippen LogP contribution < -0.4 is 16.8 Å². The smallest absolute Gasteiger partial charge is 0.129 e. The first-order valence-corrected chi connectivity index (χ1v) is 9.58. The molecule has 0 saturated carbocycles. The highest BCUT2D eigenvalue weighted by atomic mass is 16.5. The lowest BCUT2D eigenvalue weighted by molar-refractivity contribution is 0.234. The normalized spacial score (nSPS) is 25.0. The number of rotatable bonds is 5. The first-order chi connectivity index (χ1) is 13.5. The molecule has 1 saturated heterocycles. The Hall–Kier alpha value is -2.93. The van der Waals surface area contributed by atoms with Crippen molar-refractivity contribution >= 4 is 17.3 Å². The molecule has 0 bridgehead atoms. The van der Waals surface area contributed by atoms with Gasteiger partial charge in [0.25, 0.3) is 0 Å². The SMILES string of the molecule is C=C(OCC)C1=C(C2CCNCC2)N=C(N)/C(=C\N)C1C1=CC=CC(=N)C1=N. The van der Waals surface area contributed by atoms with Gasteiger partial charge in [0, 0.05) is 29.2 Å². The standard InChI is InChI=1S/C21H28N6O/c1-3-28-12(2)17-18(14-5-4-6-16(23)19(14)24)15(11-22)21(25)27-20(17)13-7-9-26-10-8-13/h4-6,11,13,18,23-24,26H,2-3,7-10,22H2,1H3,(H2,25,27)/b15-11-,23-16?,24-19?. The third-order valence-corrected chi connectivity index (χ3v) is 5.34. The number of nitrogens with one attached hydrogen (secondary N) is 3. The van der Waals surface area contributed by atoms with Crippen LogP contribution in [0.5, 0.6) is 0 Å². The fraction of sp³-hybridized carbons (Fsp3) is 0.381. The van der Waals surface area contributed by atoms with Crippen LogP contribution in [0.1, 0.15) is 19.8 Å². The molecule has 0 spiro atoms. The van der Waals surface area contributed by atoms with Crippen molar-refractivity contribution in [1.82, 2.24) is 5.32 Å². The Bertz CT molecular complexity index is 852. The van der Waals surface area contributed by atoms with Crippen molar-refractivity contribution in [2.24, 2.45) is 28.3 Å². The van der Waals surface area contributed by atoms with Crippen molar-refractivity contribution < 1.29 is 4.74 Å². The van der Waals surface area contributed by atoms with Gasteiger partial charge in [-0.15, -0.1) is 0 Å². The summed E-state index contributed by atoms with van der Waals surface area (Å²) in [7, 11) is 0. The second-order valence-electron chi connectivity index (χ2n) is 7.00. The molecule has 7 N–H and O–H groups in total. The number of nitrogens with zero attached hydrogens (tertiary/aromatic N) is 1. The number of hydrogen-bond donors (Lipinski definition) is 5. The number of piperidine rings is 1. The van der Waals surface area contributed by atoms with Crippen molar-refractivity contribution in [3.05, 3.63) is 59.2 Å². The van der Waals surface area contributed by atoms with Gasteiger partial charge in [0.2, 0.25) is 0 Å². The molecule has 0 radical (unpaired) electrons. The van der Waals surface area contributed by atoms with Gasteiger partial charge in [-0.25, -0.2) is 4.99 Å². The summed E-state index contributed by atoms with van der Waals surface area (Å²) in [6, 6.07) is 0. The zero-order valence-corrected chi connectivity index (χ0v) is 16.2. The molecular formula is C21H28N6O. The van der Waals surface area contributed by atoms with Crippen LogP contribution in [0, 0.1) is 22.7 Å². The highest BCUT2D eigenvalue weighted by Gasteiger charge is 2.38. The van der Waals surface area contributed by atoms with E-state index in [0.29, 0.717) is 29.3 Å². The topological polar surface area (TPSA) is 133 Å². The lowest BCUT2D eigenvalue weighted by Crippen LogP contribution is -2.36. The number of aliphatic imine (C=N–C) groups is 1. The van der Waals surface area contributed by atoms with Gasteiger partial charge < -0.3 is 21.5 Å². The van der Waals surface area contributed by atoms with Crippen LogP contribution in [-0.4, -0.2) is 37.0 Å². The molecule has 148 valence electrons. The number of allylic oxidation sites excluding steroid dienone is 6. The molecule has 1 aliphatic carbocycles. The molecular weight excluding hydrogens is 352 g/mol. The average Bonchev–Trinajstić information content (AvgIpc) is 2.70. The minimum Gasteiger partial charge on any atom is -0.494 e. The zero-order chi connectivity index (χ0) is 20.3. The van der Waals surface area contributed by atoms with Crippen LogP contribution in [0.25, 0.3) is 0 Å². The van der Waals surface area contributed by atoms with Crippen LogP contribution in [0.2, 0.25) is 0 Å². The molecule has 0 amide bonds. The fourth-order valence-corrected chi connectivity index (χ4v) is 3.98. The molecule has 0 aromatic heterocycles. The van der Waals surface area contributed by atoms with Gasteiger partial charge in [0.15, 0.2) is 0 Å². The summed E-state index contributed by atoms with van der Waals surface area (Å²) in [6.45, 7) is 8.36. The molecule has 2 aliphatic heterocycles. The quantitative estimate of drug-likeness (QED) is 0.369. The second-order valence-corrected chi connectivity index (χ2v) is 7.00. The molecule has 1 unspecified atom stereocenters. The van der Waals surface area contributed by atoms with Gasteiger partial charge in [-0.3, -0.25) is 10.8 Å². The van der Waals surface area contributed by atoms with Crippen LogP contribution in [0.15, 0.2) is 64.2 Å². The molecule has 28 heavy (non-hydrogen) atoms. The van der Waals surface area contributed by atoms with Crippen LogP contribution in [0.4, 0.5) is 0 Å². The van der Waals surface area contributed by atoms with Gasteiger partial charge in [0.1, 0.15) is 11.6 Å². The van der Waals surface area contributed by atoms with Crippen molar-refractivity contribution in [2.45, 2.75) is 19.8 Å². The molecule has 0 aromatic rings. The van der Waals surface area contributed by atoms with Gasteiger partial charge in [-0.05, 0) is 44.5 Å². The molecule has 7 heteroatoms. The first kappa shape index (κ1) is 19.8. The van der Waals surface area contributed by atoms with E-state index in [2.05, 4.69) is 11.9 Å². The molecule has 2 heterocycles. The molecule has 0 aromatic carbocycles. The summed E-state index contributed by atoms with van der Waals surface area (Å²) in [5.74, 6) is 0.668. The number of ether oxygens (including phenoxy) is 1. The van der Waals surface area contributed by atoms with E-state index in [9.17, 15) is 0 Å². The van der Waals surface area contributed by atoms with E-state index in [-0.39, 0.29) is 17.3 Å². The maximum absolute atomic E-state index is 8.47. The molecule has 1 fully saturated rings. The number of amidine groups is 1. The monoisotopic (exact) mass is 380 g/mol. The zero-order valence-electron chi connectivity index (χ0n) is 16.2. The average molecular weight is 380 g/mol. The summed E-state index contributed by atoms with van der Waals surface area (Å²) in [6.07, 6.45) is 8.54. The Morgan fingerprint density at radius 2 is 2.11 bits per heavy atom. The minimum atomic E-state index is -0.427. The summed E-state index contributed by atoms with van der Waals surface area (Å²) in [5, 5.41) is 19.9. The highest BCUT2D eigenvalue weighted by molar-refractivity contribution is 6.51. The number of hydrogen-bond acceptors (Lipinski definition) is 7. The lowest BCUT2D eigenvalue weighted by Gasteiger charge is -2.35. The molecule has 7 nitrogen and oxygen atoms in total. The van der Waals surface area contributed by atoms with Gasteiger partial charge in [0.05, 0.1) is 23.7 Å². The molecule has 1 atom stereocenters. The maximum atomic E-state index is 8.47. The van der Waals surface area contributed by atoms with E-state index in [4.69, 9.17) is 32.0 Å². The van der Waals surface area contributed by atoms with Gasteiger partial charge in [-0.2, -0.15) is 0 Å². The summed E-state index contributed by atoms with van der Waals surface area (Å²) in [4.78, 5) is 4.72. The van der Waals surface area contributed by atoms with Crippen molar-refractivity contribution in [3.8, 4) is 0 Å². The first-order valence-electron chi connectivity index (χ1n) is 9.58. The van der Waals surface area contributed by atoms with E-state index in [0.717, 1.165) is 37.2 Å². The summed E-state index contributed by atoms with van der Waals surface area (Å²) >= 11 is 0. The third-order valence-electron chi connectivity index (χ3n) is 5.34. The van der Waals surface area contributed by atoms with Crippen LogP contribution in [-0.2, 0) is 4.74 Å². The van der Waals surface area contributed by atoms with E-state index < -0.39 is 5.92 Å². The van der Waals surface area contributed by atoms with E-state index in [1.807, 2.05) is 13.0 Å². The van der Waals surface area contributed by atoms with Crippen LogP contribution >= 0.6 is 0 Å². The summed E-state index contributed by atoms with van der Waals surface area (Å²) in [5.41, 5.74) is 15.5. The highest BCUT2D eigenvalue weighted by Crippen LogP contribution is 2.43. The van der Waals surface area contributed by atoms with Gasteiger partial charge in [-0.1, -0.05) is 18.7 Å². The maximum Gasteiger partial charge on any atom is 0.129 e. The Balaban J connectivity index is 2.21. The minimum absolute atomic E-state index is 0.146. The third kappa shape index (κ3) is 3.57. The Labute approximate surface area is 165 Å². The summed E-state index contributed by atoms with van der Waals surface area (Å²) < 4.78 is 5.80. The number of nitrogens with two attached hydrogens (primary N) is 2. The Morgan fingerprint density at radius 1 is 1.39 bits per heavy atom. The van der Waals surface area contributed by atoms with E-state index in [1.165, 1.54) is 6.20 Å². The predicted octanol–water partition coefficient (Wildman–Crippen LogP) is 2.16. The Kier molecular flexibility index (Phi) is 5.94. The largest absolute Gasteiger partial charge is 0.494 e. The van der Waals surface area contributed by atoms with Crippen molar-refractivity contribution in [3.63, 3.8) is 0 Å². The van der Waals surface area contributed by atoms with Crippen LogP contribution in [0.3, 0.4) is 0 Å². The van der Waals surface area contributed by atoms with E-state index in [1.54, 1.807) is 12.2 Å². The Morgan fingerprint density at radius 3 is 2.75 bits per heavy atom. The lowest BCUT2D eigenvalue weighted by atomic mass is 9.74. The molecule has 3 aliphatic rings. The fourth-order valence-electron chi connectivity index (χ4n) is 3.98. The van der Waals surface area contributed by atoms with Crippen molar-refractivity contribution in [1.29, 1.82) is 10.8 Å². The molecule has 3 rings (SSSR count). The predicted molar refractivity (Wildman–Crippen MR) is 113 cm³/mol. The second kappa shape index (κ2) is 8.39. The van der Waals surface area contributed by atoms with Gasteiger partial charge >= 0.3 is 0 Å². The van der Waals surface area contributed by atoms with E-state index >= 15 is 0 Å². The van der Waals surface area contributed by atoms with Crippen molar-refractivity contribution in [2.75, 3.05) is 19.7 Å².